The zero-order valence-corrected chi connectivity index (χ0v) is 9.64. The summed E-state index contributed by atoms with van der Waals surface area (Å²) in [7, 11) is 0. The standard InChI is InChI=1S/C12H22N2O/c1-2-3-6-14-11(15)10-9-12(10)4-7-13-8-5-12/h10,13H,2-9H2,1H3,(H,14,15). The average Bonchev–Trinajstić information content (AvgIpc) is 2.94. The molecule has 2 fully saturated rings. The second-order valence-corrected chi connectivity index (χ2v) is 5.01. The number of amides is 1. The Bertz CT molecular complexity index is 234. The van der Waals surface area contributed by atoms with Gasteiger partial charge >= 0.3 is 0 Å². The van der Waals surface area contributed by atoms with E-state index in [2.05, 4.69) is 17.6 Å². The number of unbranched alkanes of at least 4 members (excludes halogenated alkanes) is 1. The van der Waals surface area contributed by atoms with Gasteiger partial charge in [0.25, 0.3) is 0 Å². The molecule has 1 unspecified atom stereocenters. The lowest BCUT2D eigenvalue weighted by molar-refractivity contribution is -0.123. The van der Waals surface area contributed by atoms with E-state index in [1.807, 2.05) is 0 Å². The number of carbonyl (C=O) groups excluding carboxylic acids is 1. The number of hydrogen-bond donors (Lipinski definition) is 2. The molecule has 1 saturated carbocycles. The minimum atomic E-state index is 0.311. The minimum Gasteiger partial charge on any atom is -0.356 e. The molecule has 1 aliphatic heterocycles. The summed E-state index contributed by atoms with van der Waals surface area (Å²) in [5, 5.41) is 6.42. The highest BCUT2D eigenvalue weighted by atomic mass is 16.2. The first-order valence-corrected chi connectivity index (χ1v) is 6.27. The van der Waals surface area contributed by atoms with E-state index in [0.717, 1.165) is 38.9 Å². The number of piperidine rings is 1. The fourth-order valence-corrected chi connectivity index (χ4v) is 2.71. The van der Waals surface area contributed by atoms with Crippen molar-refractivity contribution in [3.63, 3.8) is 0 Å². The van der Waals surface area contributed by atoms with Gasteiger partial charge in [-0.15, -0.1) is 0 Å². The quantitative estimate of drug-likeness (QED) is 0.687. The van der Waals surface area contributed by atoms with Crippen molar-refractivity contribution in [1.29, 1.82) is 0 Å². The van der Waals surface area contributed by atoms with Crippen LogP contribution in [0.2, 0.25) is 0 Å². The Kier molecular flexibility index (Phi) is 3.29. The zero-order valence-electron chi connectivity index (χ0n) is 9.64. The number of hydrogen-bond acceptors (Lipinski definition) is 2. The predicted octanol–water partition coefficient (Wildman–Crippen LogP) is 1.29. The molecule has 3 nitrogen and oxygen atoms in total. The predicted molar refractivity (Wildman–Crippen MR) is 60.6 cm³/mol. The topological polar surface area (TPSA) is 41.1 Å². The van der Waals surface area contributed by atoms with Gasteiger partial charge in [0.15, 0.2) is 0 Å². The normalized spacial score (nSPS) is 27.7. The fraction of sp³-hybridized carbons (Fsp3) is 0.917. The van der Waals surface area contributed by atoms with Crippen LogP contribution in [0.15, 0.2) is 0 Å². The van der Waals surface area contributed by atoms with E-state index in [1.165, 1.54) is 12.8 Å². The molecule has 1 atom stereocenters. The Hall–Kier alpha value is -0.570. The van der Waals surface area contributed by atoms with Crippen molar-refractivity contribution in [2.75, 3.05) is 19.6 Å². The molecule has 0 aromatic heterocycles. The average molecular weight is 210 g/mol. The zero-order chi connectivity index (χ0) is 10.7. The van der Waals surface area contributed by atoms with Crippen LogP contribution in [0.1, 0.15) is 39.0 Å². The molecule has 1 spiro atoms. The van der Waals surface area contributed by atoms with E-state index in [-0.39, 0.29) is 0 Å². The third-order valence-electron chi connectivity index (χ3n) is 3.94. The van der Waals surface area contributed by atoms with Crippen molar-refractivity contribution >= 4 is 5.91 Å². The van der Waals surface area contributed by atoms with Crippen LogP contribution in [-0.4, -0.2) is 25.5 Å². The Balaban J connectivity index is 1.74. The maximum atomic E-state index is 11.8. The maximum absolute atomic E-state index is 11.8. The van der Waals surface area contributed by atoms with Crippen LogP contribution >= 0.6 is 0 Å². The molecule has 2 aliphatic rings. The fourth-order valence-electron chi connectivity index (χ4n) is 2.71. The smallest absolute Gasteiger partial charge is 0.223 e. The molecule has 0 radical (unpaired) electrons. The lowest BCUT2D eigenvalue weighted by atomic mass is 9.92. The third kappa shape index (κ3) is 2.33. The van der Waals surface area contributed by atoms with Gasteiger partial charge < -0.3 is 10.6 Å². The first kappa shape index (κ1) is 10.9. The second kappa shape index (κ2) is 4.52. The molecule has 1 heterocycles. The summed E-state index contributed by atoms with van der Waals surface area (Å²) in [4.78, 5) is 11.8. The van der Waals surface area contributed by atoms with Gasteiger partial charge in [-0.05, 0) is 44.2 Å². The molecular weight excluding hydrogens is 188 g/mol. The van der Waals surface area contributed by atoms with Crippen LogP contribution in [0.25, 0.3) is 0 Å². The highest BCUT2D eigenvalue weighted by molar-refractivity contribution is 5.82. The minimum absolute atomic E-state index is 0.311. The Labute approximate surface area is 92.0 Å². The molecule has 1 saturated heterocycles. The van der Waals surface area contributed by atoms with Gasteiger partial charge in [-0.2, -0.15) is 0 Å². The van der Waals surface area contributed by atoms with Crippen molar-refractivity contribution in [3.05, 3.63) is 0 Å². The number of carbonyl (C=O) groups is 1. The Morgan fingerprint density at radius 2 is 2.20 bits per heavy atom. The lowest BCUT2D eigenvalue weighted by Crippen LogP contribution is -2.34. The van der Waals surface area contributed by atoms with E-state index in [9.17, 15) is 4.79 Å². The van der Waals surface area contributed by atoms with Crippen molar-refractivity contribution in [2.24, 2.45) is 11.3 Å². The van der Waals surface area contributed by atoms with E-state index in [0.29, 0.717) is 17.2 Å². The van der Waals surface area contributed by atoms with Crippen molar-refractivity contribution in [2.45, 2.75) is 39.0 Å². The van der Waals surface area contributed by atoms with Gasteiger partial charge in [0, 0.05) is 12.5 Å². The monoisotopic (exact) mass is 210 g/mol. The first-order chi connectivity index (χ1) is 7.28. The highest BCUT2D eigenvalue weighted by Gasteiger charge is 2.57. The Morgan fingerprint density at radius 1 is 1.47 bits per heavy atom. The summed E-state index contributed by atoms with van der Waals surface area (Å²) >= 11 is 0. The van der Waals surface area contributed by atoms with Crippen molar-refractivity contribution in [3.8, 4) is 0 Å². The summed E-state index contributed by atoms with van der Waals surface area (Å²) in [5.74, 6) is 0.641. The third-order valence-corrected chi connectivity index (χ3v) is 3.94. The highest BCUT2D eigenvalue weighted by Crippen LogP contribution is 2.58. The molecule has 2 rings (SSSR count). The van der Waals surface area contributed by atoms with Gasteiger partial charge in [-0.1, -0.05) is 13.3 Å². The molecule has 0 aromatic rings. The van der Waals surface area contributed by atoms with Gasteiger partial charge in [0.1, 0.15) is 0 Å². The summed E-state index contributed by atoms with van der Waals surface area (Å²) in [6.45, 7) is 5.20. The van der Waals surface area contributed by atoms with Crippen molar-refractivity contribution in [1.82, 2.24) is 10.6 Å². The molecule has 86 valence electrons. The summed E-state index contributed by atoms with van der Waals surface area (Å²) in [6.07, 6.45) is 5.78. The molecule has 15 heavy (non-hydrogen) atoms. The van der Waals surface area contributed by atoms with Gasteiger partial charge in [0.05, 0.1) is 0 Å². The first-order valence-electron chi connectivity index (χ1n) is 6.27. The largest absolute Gasteiger partial charge is 0.356 e. The molecule has 2 N–H and O–H groups in total. The lowest BCUT2D eigenvalue weighted by Gasteiger charge is -2.23. The molecule has 3 heteroatoms. The molecule has 1 amide bonds. The van der Waals surface area contributed by atoms with Gasteiger partial charge in [-0.25, -0.2) is 0 Å². The number of nitrogens with one attached hydrogen (secondary N) is 2. The van der Waals surface area contributed by atoms with Gasteiger partial charge in [0.2, 0.25) is 5.91 Å². The summed E-state index contributed by atoms with van der Waals surface area (Å²) in [5.41, 5.74) is 0.390. The van der Waals surface area contributed by atoms with E-state index >= 15 is 0 Å². The maximum Gasteiger partial charge on any atom is 0.223 e. The number of rotatable bonds is 4. The van der Waals surface area contributed by atoms with E-state index < -0.39 is 0 Å². The van der Waals surface area contributed by atoms with Crippen LogP contribution in [0.5, 0.6) is 0 Å². The molecule has 0 bridgehead atoms. The van der Waals surface area contributed by atoms with Gasteiger partial charge in [-0.3, -0.25) is 4.79 Å². The van der Waals surface area contributed by atoms with Crippen LogP contribution in [0, 0.1) is 11.3 Å². The van der Waals surface area contributed by atoms with Crippen LogP contribution < -0.4 is 10.6 Å². The molecular formula is C12H22N2O. The second-order valence-electron chi connectivity index (χ2n) is 5.01. The van der Waals surface area contributed by atoms with Crippen LogP contribution in [-0.2, 0) is 4.79 Å². The summed E-state index contributed by atoms with van der Waals surface area (Å²) < 4.78 is 0. The van der Waals surface area contributed by atoms with E-state index in [4.69, 9.17) is 0 Å². The Morgan fingerprint density at radius 3 is 2.87 bits per heavy atom. The van der Waals surface area contributed by atoms with Crippen molar-refractivity contribution < 1.29 is 4.79 Å². The summed E-state index contributed by atoms with van der Waals surface area (Å²) in [6, 6.07) is 0. The van der Waals surface area contributed by atoms with Crippen LogP contribution in [0.4, 0.5) is 0 Å². The van der Waals surface area contributed by atoms with Crippen LogP contribution in [0.3, 0.4) is 0 Å². The molecule has 1 aliphatic carbocycles. The SMILES string of the molecule is CCCCNC(=O)C1CC12CCNCC2. The molecule has 0 aromatic carbocycles. The van der Waals surface area contributed by atoms with E-state index in [1.54, 1.807) is 0 Å².